The molecule has 8 heteroatoms. The Hall–Kier alpha value is -2.38. The summed E-state index contributed by atoms with van der Waals surface area (Å²) in [6.45, 7) is 2.35. The third-order valence-electron chi connectivity index (χ3n) is 4.25. The van der Waals surface area contributed by atoms with E-state index in [0.29, 0.717) is 6.54 Å². The first-order valence-electron chi connectivity index (χ1n) is 7.45. The van der Waals surface area contributed by atoms with Crippen molar-refractivity contribution < 1.29 is 14.4 Å². The average Bonchev–Trinajstić information content (AvgIpc) is 3.07. The first-order chi connectivity index (χ1) is 10.6. The molecule has 1 aromatic rings. The van der Waals surface area contributed by atoms with E-state index in [0.717, 1.165) is 35.4 Å². The number of rotatable bonds is 3. The SMILES string of the molecule is Cc1cn[nH]c1C1CCCCN1C(=O)CN1C(=O)CNC1=O. The van der Waals surface area contributed by atoms with E-state index in [-0.39, 0.29) is 30.9 Å². The monoisotopic (exact) mass is 305 g/mol. The fraction of sp³-hybridized carbons (Fsp3) is 0.571. The number of nitrogens with zero attached hydrogens (tertiary/aromatic N) is 3. The number of aromatic nitrogens is 2. The Bertz CT molecular complexity index is 595. The molecule has 0 spiro atoms. The largest absolute Gasteiger partial charge is 0.333 e. The van der Waals surface area contributed by atoms with Gasteiger partial charge in [-0.2, -0.15) is 5.10 Å². The molecule has 0 aromatic carbocycles. The van der Waals surface area contributed by atoms with Crippen molar-refractivity contribution in [2.75, 3.05) is 19.6 Å². The van der Waals surface area contributed by atoms with Gasteiger partial charge in [-0.05, 0) is 31.7 Å². The van der Waals surface area contributed by atoms with E-state index in [9.17, 15) is 14.4 Å². The standard InChI is InChI=1S/C14H19N5O3/c1-9-6-16-17-13(9)10-4-2-3-5-18(10)12(21)8-19-11(20)7-15-14(19)22/h6,10H,2-5,7-8H2,1H3,(H,15,22)(H,16,17). The van der Waals surface area contributed by atoms with Crippen molar-refractivity contribution in [3.05, 3.63) is 17.5 Å². The Labute approximate surface area is 127 Å². The van der Waals surface area contributed by atoms with Crippen LogP contribution in [0, 0.1) is 6.92 Å². The van der Waals surface area contributed by atoms with Gasteiger partial charge in [-0.15, -0.1) is 0 Å². The second kappa shape index (κ2) is 5.78. The van der Waals surface area contributed by atoms with Crippen molar-refractivity contribution in [2.24, 2.45) is 0 Å². The highest BCUT2D eigenvalue weighted by atomic mass is 16.2. The summed E-state index contributed by atoms with van der Waals surface area (Å²) in [5.41, 5.74) is 1.95. The number of amides is 4. The number of piperidine rings is 1. The molecule has 2 N–H and O–H groups in total. The number of urea groups is 1. The number of H-pyrrole nitrogens is 1. The second-order valence-electron chi connectivity index (χ2n) is 5.70. The van der Waals surface area contributed by atoms with Gasteiger partial charge in [-0.25, -0.2) is 4.79 Å². The van der Waals surface area contributed by atoms with E-state index in [2.05, 4.69) is 15.5 Å². The summed E-state index contributed by atoms with van der Waals surface area (Å²) >= 11 is 0. The van der Waals surface area contributed by atoms with Crippen LogP contribution in [-0.4, -0.2) is 57.5 Å². The van der Waals surface area contributed by atoms with Crippen LogP contribution in [-0.2, 0) is 9.59 Å². The third-order valence-corrected chi connectivity index (χ3v) is 4.25. The van der Waals surface area contributed by atoms with Gasteiger partial charge in [0.25, 0.3) is 5.91 Å². The number of aryl methyl sites for hydroxylation is 1. The molecule has 2 saturated heterocycles. The van der Waals surface area contributed by atoms with E-state index in [1.165, 1.54) is 0 Å². The van der Waals surface area contributed by atoms with Gasteiger partial charge in [0, 0.05) is 6.54 Å². The molecule has 118 valence electrons. The Morgan fingerprint density at radius 1 is 1.41 bits per heavy atom. The topological polar surface area (TPSA) is 98.4 Å². The Morgan fingerprint density at radius 2 is 2.23 bits per heavy atom. The van der Waals surface area contributed by atoms with Crippen LogP contribution in [0.3, 0.4) is 0 Å². The van der Waals surface area contributed by atoms with Gasteiger partial charge in [0.15, 0.2) is 0 Å². The molecule has 4 amide bonds. The molecule has 2 aliphatic rings. The first kappa shape index (κ1) is 14.6. The van der Waals surface area contributed by atoms with E-state index in [1.807, 2.05) is 6.92 Å². The molecule has 3 heterocycles. The maximum atomic E-state index is 12.6. The van der Waals surface area contributed by atoms with Crippen LogP contribution >= 0.6 is 0 Å². The zero-order valence-corrected chi connectivity index (χ0v) is 12.5. The van der Waals surface area contributed by atoms with Crippen LogP contribution < -0.4 is 5.32 Å². The molecule has 0 radical (unpaired) electrons. The molecule has 0 aliphatic carbocycles. The van der Waals surface area contributed by atoms with Crippen molar-refractivity contribution in [3.63, 3.8) is 0 Å². The van der Waals surface area contributed by atoms with Gasteiger partial charge < -0.3 is 10.2 Å². The number of likely N-dealkylation sites (tertiary alicyclic amines) is 1. The molecule has 22 heavy (non-hydrogen) atoms. The van der Waals surface area contributed by atoms with Crippen LogP contribution in [0.2, 0.25) is 0 Å². The number of carbonyl (C=O) groups is 3. The highest BCUT2D eigenvalue weighted by molar-refractivity contribution is 6.04. The highest BCUT2D eigenvalue weighted by Crippen LogP contribution is 2.31. The first-order valence-corrected chi connectivity index (χ1v) is 7.45. The van der Waals surface area contributed by atoms with Crippen LogP contribution in [0.5, 0.6) is 0 Å². The van der Waals surface area contributed by atoms with Crippen LogP contribution in [0.25, 0.3) is 0 Å². The van der Waals surface area contributed by atoms with Crippen molar-refractivity contribution in [3.8, 4) is 0 Å². The van der Waals surface area contributed by atoms with Crippen molar-refractivity contribution in [2.45, 2.75) is 32.2 Å². The van der Waals surface area contributed by atoms with Crippen LogP contribution in [0.4, 0.5) is 4.79 Å². The van der Waals surface area contributed by atoms with Gasteiger partial charge in [0.2, 0.25) is 5.91 Å². The van der Waals surface area contributed by atoms with Gasteiger partial charge in [0.1, 0.15) is 6.54 Å². The molecular weight excluding hydrogens is 286 g/mol. The van der Waals surface area contributed by atoms with Crippen LogP contribution in [0.1, 0.15) is 36.6 Å². The lowest BCUT2D eigenvalue weighted by atomic mass is 9.97. The smallest absolute Gasteiger partial charge is 0.325 e. The summed E-state index contributed by atoms with van der Waals surface area (Å²) in [5, 5.41) is 9.42. The van der Waals surface area contributed by atoms with Crippen molar-refractivity contribution in [1.29, 1.82) is 0 Å². The summed E-state index contributed by atoms with van der Waals surface area (Å²) in [7, 11) is 0. The molecular formula is C14H19N5O3. The zero-order chi connectivity index (χ0) is 15.7. The Kier molecular flexibility index (Phi) is 3.82. The minimum atomic E-state index is -0.496. The number of nitrogens with one attached hydrogen (secondary N) is 2. The summed E-state index contributed by atoms with van der Waals surface area (Å²) in [4.78, 5) is 38.5. The lowest BCUT2D eigenvalue weighted by Gasteiger charge is -2.36. The molecule has 8 nitrogen and oxygen atoms in total. The lowest BCUT2D eigenvalue weighted by Crippen LogP contribution is -2.46. The predicted molar refractivity (Wildman–Crippen MR) is 76.7 cm³/mol. The molecule has 3 rings (SSSR count). The summed E-state index contributed by atoms with van der Waals surface area (Å²) < 4.78 is 0. The quantitative estimate of drug-likeness (QED) is 0.786. The molecule has 0 bridgehead atoms. The number of carbonyl (C=O) groups excluding carboxylic acids is 3. The highest BCUT2D eigenvalue weighted by Gasteiger charge is 2.35. The van der Waals surface area contributed by atoms with Gasteiger partial charge in [-0.1, -0.05) is 0 Å². The minimum absolute atomic E-state index is 0.0325. The lowest BCUT2D eigenvalue weighted by molar-refractivity contribution is -0.139. The van der Waals surface area contributed by atoms with Gasteiger partial charge in [0.05, 0.1) is 24.5 Å². The fourth-order valence-electron chi connectivity index (χ4n) is 3.07. The number of aromatic amines is 1. The minimum Gasteiger partial charge on any atom is -0.333 e. The second-order valence-corrected chi connectivity index (χ2v) is 5.70. The van der Waals surface area contributed by atoms with Gasteiger partial charge in [-0.3, -0.25) is 19.6 Å². The summed E-state index contributed by atoms with van der Waals surface area (Å²) in [5.74, 6) is -0.561. The van der Waals surface area contributed by atoms with Crippen LogP contribution in [0.15, 0.2) is 6.20 Å². The summed E-state index contributed by atoms with van der Waals surface area (Å²) in [6, 6.07) is -0.561. The van der Waals surface area contributed by atoms with E-state index >= 15 is 0 Å². The Morgan fingerprint density at radius 3 is 2.86 bits per heavy atom. The predicted octanol–water partition coefficient (Wildman–Crippen LogP) is 0.324. The molecule has 1 unspecified atom stereocenters. The molecule has 0 saturated carbocycles. The van der Waals surface area contributed by atoms with Gasteiger partial charge >= 0.3 is 6.03 Å². The molecule has 2 fully saturated rings. The third kappa shape index (κ3) is 2.56. The van der Waals surface area contributed by atoms with E-state index in [1.54, 1.807) is 11.1 Å². The number of imide groups is 1. The number of hydrogen-bond acceptors (Lipinski definition) is 4. The van der Waals surface area contributed by atoms with Crippen molar-refractivity contribution >= 4 is 17.8 Å². The van der Waals surface area contributed by atoms with E-state index in [4.69, 9.17) is 0 Å². The Balaban J connectivity index is 1.76. The maximum Gasteiger partial charge on any atom is 0.325 e. The number of hydrogen-bond donors (Lipinski definition) is 2. The molecule has 1 aromatic heterocycles. The maximum absolute atomic E-state index is 12.6. The van der Waals surface area contributed by atoms with E-state index < -0.39 is 6.03 Å². The molecule has 2 aliphatic heterocycles. The average molecular weight is 305 g/mol. The fourth-order valence-corrected chi connectivity index (χ4v) is 3.07. The normalized spacial score (nSPS) is 22.1. The zero-order valence-electron chi connectivity index (χ0n) is 12.5. The molecule has 1 atom stereocenters. The summed E-state index contributed by atoms with van der Waals surface area (Å²) in [6.07, 6.45) is 4.56. The van der Waals surface area contributed by atoms with Crippen molar-refractivity contribution in [1.82, 2.24) is 25.3 Å².